The number of hydrogen-bond acceptors (Lipinski definition) is 5. The highest BCUT2D eigenvalue weighted by molar-refractivity contribution is 6.06. The second kappa shape index (κ2) is 7.85. The molecule has 1 heterocycles. The number of non-ortho nitro benzene ring substituents is 1. The van der Waals surface area contributed by atoms with Crippen molar-refractivity contribution in [2.45, 2.75) is 0 Å². The van der Waals surface area contributed by atoms with Crippen molar-refractivity contribution in [2.24, 2.45) is 0 Å². The number of rotatable bonds is 6. The largest absolute Gasteiger partial charge is 0.457 e. The first-order valence-corrected chi connectivity index (χ1v) is 7.76. The van der Waals surface area contributed by atoms with Gasteiger partial charge in [-0.25, -0.2) is 0 Å². The summed E-state index contributed by atoms with van der Waals surface area (Å²) in [6.07, 6.45) is 6.34. The summed E-state index contributed by atoms with van der Waals surface area (Å²) in [5, 5.41) is 10.8. The maximum Gasteiger partial charge on any atom is 0.273 e. The summed E-state index contributed by atoms with van der Waals surface area (Å²) < 4.78 is 5.62. The van der Waals surface area contributed by atoms with E-state index in [2.05, 4.69) is 4.98 Å². The Labute approximate surface area is 149 Å². The van der Waals surface area contributed by atoms with Crippen LogP contribution < -0.4 is 4.74 Å². The molecule has 26 heavy (non-hydrogen) atoms. The van der Waals surface area contributed by atoms with E-state index >= 15 is 0 Å². The maximum absolute atomic E-state index is 12.0. The molecule has 0 aliphatic rings. The molecule has 0 fully saturated rings. The molecule has 0 spiro atoms. The van der Waals surface area contributed by atoms with Crippen molar-refractivity contribution < 1.29 is 14.5 Å². The summed E-state index contributed by atoms with van der Waals surface area (Å²) >= 11 is 0. The van der Waals surface area contributed by atoms with Crippen molar-refractivity contribution >= 4 is 17.5 Å². The molecule has 3 aromatic rings. The number of ether oxygens (including phenoxy) is 1. The third-order valence-electron chi connectivity index (χ3n) is 3.54. The predicted octanol–water partition coefficient (Wildman–Crippen LogP) is 4.68. The Morgan fingerprint density at radius 3 is 2.42 bits per heavy atom. The minimum atomic E-state index is -0.472. The van der Waals surface area contributed by atoms with Gasteiger partial charge in [-0.2, -0.15) is 0 Å². The lowest BCUT2D eigenvalue weighted by molar-refractivity contribution is -0.384. The van der Waals surface area contributed by atoms with Gasteiger partial charge in [-0.1, -0.05) is 24.3 Å². The molecule has 0 aliphatic heterocycles. The third-order valence-corrected chi connectivity index (χ3v) is 3.54. The number of benzene rings is 2. The highest BCUT2D eigenvalue weighted by atomic mass is 16.6. The Balaban J connectivity index is 1.67. The summed E-state index contributed by atoms with van der Waals surface area (Å²) in [6.45, 7) is 0. The van der Waals surface area contributed by atoms with Crippen LogP contribution in [0.15, 0.2) is 79.1 Å². The van der Waals surface area contributed by atoms with Gasteiger partial charge in [0.2, 0.25) is 0 Å². The molecule has 3 rings (SSSR count). The molecule has 6 heteroatoms. The van der Waals surface area contributed by atoms with Crippen LogP contribution in [-0.2, 0) is 0 Å². The minimum Gasteiger partial charge on any atom is -0.457 e. The fraction of sp³-hybridized carbons (Fsp3) is 0. The first-order chi connectivity index (χ1) is 12.6. The molecular weight excluding hydrogens is 332 g/mol. The normalized spacial score (nSPS) is 10.6. The zero-order valence-electron chi connectivity index (χ0n) is 13.6. The number of nitro benzene ring substituents is 1. The van der Waals surface area contributed by atoms with Gasteiger partial charge in [0.25, 0.3) is 5.69 Å². The fourth-order valence-corrected chi connectivity index (χ4v) is 2.23. The molecule has 0 bridgehead atoms. The monoisotopic (exact) mass is 346 g/mol. The first kappa shape index (κ1) is 17.0. The molecule has 0 saturated heterocycles. The second-order valence-corrected chi connectivity index (χ2v) is 5.36. The van der Waals surface area contributed by atoms with Gasteiger partial charge in [0.05, 0.1) is 11.0 Å². The van der Waals surface area contributed by atoms with Gasteiger partial charge in [-0.3, -0.25) is 19.9 Å². The molecule has 0 radical (unpaired) electrons. The lowest BCUT2D eigenvalue weighted by atomic mass is 10.1. The van der Waals surface area contributed by atoms with Crippen molar-refractivity contribution in [2.75, 3.05) is 0 Å². The van der Waals surface area contributed by atoms with Gasteiger partial charge in [0.15, 0.2) is 5.78 Å². The Morgan fingerprint density at radius 1 is 1.00 bits per heavy atom. The van der Waals surface area contributed by atoms with Crippen molar-refractivity contribution in [1.29, 1.82) is 0 Å². The van der Waals surface area contributed by atoms with Crippen molar-refractivity contribution in [3.05, 3.63) is 100 Å². The SMILES string of the molecule is O=C(/C=C/c1ccc(Oc2cccc([N+](=O)[O-])c2)cc1)c1ccncc1. The molecule has 0 amide bonds. The predicted molar refractivity (Wildman–Crippen MR) is 97.2 cm³/mol. The minimum absolute atomic E-state index is 0.0309. The van der Waals surface area contributed by atoms with Crippen molar-refractivity contribution in [3.8, 4) is 11.5 Å². The standard InChI is InChI=1S/C20H14N2O4/c23-20(16-10-12-21-13-11-16)9-6-15-4-7-18(8-5-15)26-19-3-1-2-17(14-19)22(24)25/h1-14H/b9-6+. The maximum atomic E-state index is 12.0. The molecule has 0 aliphatic carbocycles. The van der Waals surface area contributed by atoms with E-state index in [1.807, 2.05) is 0 Å². The third kappa shape index (κ3) is 4.39. The molecule has 1 aromatic heterocycles. The summed E-state index contributed by atoms with van der Waals surface area (Å²) in [7, 11) is 0. The average molecular weight is 346 g/mol. The number of pyridine rings is 1. The Hall–Kier alpha value is -3.80. The van der Waals surface area contributed by atoms with Crippen LogP contribution in [0.3, 0.4) is 0 Å². The van der Waals surface area contributed by atoms with E-state index in [1.54, 1.807) is 67.0 Å². The Bertz CT molecular complexity index is 951. The molecule has 0 unspecified atom stereocenters. The smallest absolute Gasteiger partial charge is 0.273 e. The van der Waals surface area contributed by atoms with Crippen molar-refractivity contribution in [1.82, 2.24) is 4.98 Å². The number of ketones is 1. The number of carbonyl (C=O) groups excluding carboxylic acids is 1. The Kier molecular flexibility index (Phi) is 5.14. The van der Waals surface area contributed by atoms with Gasteiger partial charge in [0.1, 0.15) is 11.5 Å². The quantitative estimate of drug-likeness (QED) is 0.280. The number of carbonyl (C=O) groups is 1. The number of allylic oxidation sites excluding steroid dienone is 1. The summed E-state index contributed by atoms with van der Waals surface area (Å²) in [5.41, 5.74) is 1.37. The van der Waals surface area contributed by atoms with Crippen LogP contribution in [0.2, 0.25) is 0 Å². The van der Waals surface area contributed by atoms with E-state index in [1.165, 1.54) is 18.2 Å². The number of aromatic nitrogens is 1. The van der Waals surface area contributed by atoms with E-state index in [0.29, 0.717) is 17.1 Å². The number of nitro groups is 1. The highest BCUT2D eigenvalue weighted by Crippen LogP contribution is 2.25. The van der Waals surface area contributed by atoms with Gasteiger partial charge in [0, 0.05) is 24.0 Å². The second-order valence-electron chi connectivity index (χ2n) is 5.36. The zero-order valence-corrected chi connectivity index (χ0v) is 13.6. The van der Waals surface area contributed by atoms with Crippen LogP contribution in [0.5, 0.6) is 11.5 Å². The molecular formula is C20H14N2O4. The molecule has 0 atom stereocenters. The lowest BCUT2D eigenvalue weighted by Crippen LogP contribution is -1.93. The molecule has 0 saturated carbocycles. The Morgan fingerprint density at radius 2 is 1.73 bits per heavy atom. The lowest BCUT2D eigenvalue weighted by Gasteiger charge is -2.05. The van der Waals surface area contributed by atoms with Crippen LogP contribution in [0, 0.1) is 10.1 Å². The van der Waals surface area contributed by atoms with Gasteiger partial charge in [-0.05, 0) is 42.0 Å². The molecule has 6 nitrogen and oxygen atoms in total. The van der Waals surface area contributed by atoms with Crippen LogP contribution in [0.25, 0.3) is 6.08 Å². The molecule has 2 aromatic carbocycles. The summed E-state index contributed by atoms with van der Waals surface area (Å²) in [4.78, 5) is 26.2. The number of hydrogen-bond donors (Lipinski definition) is 0. The topological polar surface area (TPSA) is 82.3 Å². The average Bonchev–Trinajstić information content (AvgIpc) is 2.68. The van der Waals surface area contributed by atoms with Crippen molar-refractivity contribution in [3.63, 3.8) is 0 Å². The van der Waals surface area contributed by atoms with Gasteiger partial charge < -0.3 is 4.74 Å². The van der Waals surface area contributed by atoms with Crippen LogP contribution in [0.1, 0.15) is 15.9 Å². The van der Waals surface area contributed by atoms with Crippen LogP contribution >= 0.6 is 0 Å². The zero-order chi connectivity index (χ0) is 18.4. The highest BCUT2D eigenvalue weighted by Gasteiger charge is 2.07. The van der Waals surface area contributed by atoms with E-state index in [0.717, 1.165) is 5.56 Å². The van der Waals surface area contributed by atoms with E-state index in [4.69, 9.17) is 4.74 Å². The van der Waals surface area contributed by atoms with Gasteiger partial charge in [-0.15, -0.1) is 0 Å². The van der Waals surface area contributed by atoms with E-state index in [9.17, 15) is 14.9 Å². The number of nitrogens with zero attached hydrogens (tertiary/aromatic N) is 2. The van der Waals surface area contributed by atoms with Gasteiger partial charge >= 0.3 is 0 Å². The molecule has 0 N–H and O–H groups in total. The first-order valence-electron chi connectivity index (χ1n) is 7.76. The van der Waals surface area contributed by atoms with E-state index < -0.39 is 4.92 Å². The fourth-order valence-electron chi connectivity index (χ4n) is 2.23. The summed E-state index contributed by atoms with van der Waals surface area (Å²) in [6, 6.07) is 16.3. The molecule has 128 valence electrons. The van der Waals surface area contributed by atoms with E-state index in [-0.39, 0.29) is 11.5 Å². The van der Waals surface area contributed by atoms with Crippen LogP contribution in [-0.4, -0.2) is 15.7 Å². The summed E-state index contributed by atoms with van der Waals surface area (Å²) in [5.74, 6) is 0.822. The van der Waals surface area contributed by atoms with Crippen LogP contribution in [0.4, 0.5) is 5.69 Å².